The van der Waals surface area contributed by atoms with Crippen molar-refractivity contribution in [2.75, 3.05) is 0 Å². The van der Waals surface area contributed by atoms with Crippen molar-refractivity contribution in [1.82, 2.24) is 9.13 Å². The average molecular weight is 514 g/mol. The minimum Gasteiger partial charge on any atom is -0.399 e. The molecule has 0 radical (unpaired) electrons. The van der Waals surface area contributed by atoms with Gasteiger partial charge in [-0.3, -0.25) is 9.13 Å². The summed E-state index contributed by atoms with van der Waals surface area (Å²) in [6.07, 6.45) is 0. The second kappa shape index (κ2) is 7.57. The van der Waals surface area contributed by atoms with E-state index in [4.69, 9.17) is 9.31 Å². The van der Waals surface area contributed by atoms with Crippen LogP contribution >= 0.6 is 11.8 Å². The molecule has 1 fully saturated rings. The van der Waals surface area contributed by atoms with Gasteiger partial charge in [-0.05, 0) is 58.0 Å². The SMILES string of the molecule is CC1(C)OB(c2ccccc2-n2c3ccccc3c3c4cccc5c4n(c32)-c2ccccc2S5)OC1(C)C. The van der Waals surface area contributed by atoms with Gasteiger partial charge in [-0.2, -0.15) is 0 Å². The molecule has 38 heavy (non-hydrogen) atoms. The van der Waals surface area contributed by atoms with Gasteiger partial charge in [0.15, 0.2) is 0 Å². The predicted molar refractivity (Wildman–Crippen MR) is 157 cm³/mol. The van der Waals surface area contributed by atoms with Crippen molar-refractivity contribution in [3.63, 3.8) is 0 Å². The van der Waals surface area contributed by atoms with Gasteiger partial charge in [0, 0.05) is 37.1 Å². The van der Waals surface area contributed by atoms with E-state index in [1.165, 1.54) is 48.3 Å². The molecule has 0 atom stereocenters. The fourth-order valence-corrected chi connectivity index (χ4v) is 7.12. The Morgan fingerprint density at radius 2 is 1.26 bits per heavy atom. The van der Waals surface area contributed by atoms with E-state index in [-0.39, 0.29) is 0 Å². The van der Waals surface area contributed by atoms with E-state index in [0.717, 1.165) is 11.2 Å². The molecule has 1 saturated heterocycles. The van der Waals surface area contributed by atoms with Crippen LogP contribution in [0.15, 0.2) is 101 Å². The van der Waals surface area contributed by atoms with Crippen molar-refractivity contribution in [2.24, 2.45) is 0 Å². The molecule has 4 heterocycles. The quantitative estimate of drug-likeness (QED) is 0.224. The van der Waals surface area contributed by atoms with Crippen LogP contribution in [0.1, 0.15) is 27.7 Å². The first-order valence-corrected chi connectivity index (χ1v) is 14.0. The Kier molecular flexibility index (Phi) is 4.49. The van der Waals surface area contributed by atoms with Gasteiger partial charge in [-0.15, -0.1) is 0 Å². The highest BCUT2D eigenvalue weighted by Gasteiger charge is 2.52. The third kappa shape index (κ3) is 2.85. The first-order chi connectivity index (χ1) is 18.4. The fraction of sp³-hybridized carbons (Fsp3) is 0.188. The van der Waals surface area contributed by atoms with Gasteiger partial charge < -0.3 is 9.31 Å². The average Bonchev–Trinajstić information content (AvgIpc) is 3.50. The van der Waals surface area contributed by atoms with E-state index in [9.17, 15) is 0 Å². The summed E-state index contributed by atoms with van der Waals surface area (Å²) in [5.41, 5.74) is 6.11. The Morgan fingerprint density at radius 1 is 0.632 bits per heavy atom. The van der Waals surface area contributed by atoms with Crippen LogP contribution in [0.25, 0.3) is 44.2 Å². The van der Waals surface area contributed by atoms with Crippen LogP contribution < -0.4 is 5.46 Å². The van der Waals surface area contributed by atoms with Crippen LogP contribution in [0.4, 0.5) is 0 Å². The molecule has 0 aliphatic carbocycles. The van der Waals surface area contributed by atoms with E-state index in [2.05, 4.69) is 128 Å². The lowest BCUT2D eigenvalue weighted by molar-refractivity contribution is 0.00578. The molecule has 0 N–H and O–H groups in total. The number of aromatic nitrogens is 2. The van der Waals surface area contributed by atoms with Gasteiger partial charge in [0.2, 0.25) is 0 Å². The summed E-state index contributed by atoms with van der Waals surface area (Å²) in [5, 5.41) is 3.80. The van der Waals surface area contributed by atoms with Crippen molar-refractivity contribution in [1.29, 1.82) is 0 Å². The molecule has 0 unspecified atom stereocenters. The molecular formula is C32H27BN2O2S. The maximum Gasteiger partial charge on any atom is 0.496 e. The first-order valence-electron chi connectivity index (χ1n) is 13.1. The summed E-state index contributed by atoms with van der Waals surface area (Å²) in [7, 11) is -0.462. The van der Waals surface area contributed by atoms with Gasteiger partial charge in [0.05, 0.1) is 27.9 Å². The molecule has 0 spiro atoms. The molecule has 2 aliphatic heterocycles. The molecule has 4 nitrogen and oxygen atoms in total. The highest BCUT2D eigenvalue weighted by Crippen LogP contribution is 2.49. The number of nitrogens with zero attached hydrogens (tertiary/aromatic N) is 2. The third-order valence-corrected chi connectivity index (χ3v) is 9.68. The summed E-state index contributed by atoms with van der Waals surface area (Å²) in [4.78, 5) is 2.55. The van der Waals surface area contributed by atoms with Crippen LogP contribution in [0.2, 0.25) is 0 Å². The van der Waals surface area contributed by atoms with Crippen molar-refractivity contribution in [2.45, 2.75) is 48.7 Å². The fourth-order valence-electron chi connectivity index (χ4n) is 6.03. The minimum atomic E-state index is -0.462. The summed E-state index contributed by atoms with van der Waals surface area (Å²) >= 11 is 1.85. The van der Waals surface area contributed by atoms with Gasteiger partial charge in [-0.25, -0.2) is 0 Å². The molecule has 4 aromatic carbocycles. The number of fused-ring (bicyclic) bond motifs is 7. The topological polar surface area (TPSA) is 28.3 Å². The summed E-state index contributed by atoms with van der Waals surface area (Å²) in [6, 6.07) is 32.7. The zero-order chi connectivity index (χ0) is 25.8. The van der Waals surface area contributed by atoms with Gasteiger partial charge in [0.1, 0.15) is 5.65 Å². The van der Waals surface area contributed by atoms with Crippen molar-refractivity contribution >= 4 is 57.2 Å². The summed E-state index contributed by atoms with van der Waals surface area (Å²) in [5.74, 6) is 0. The van der Waals surface area contributed by atoms with Crippen LogP contribution in [-0.2, 0) is 9.31 Å². The number of hydrogen-bond acceptors (Lipinski definition) is 3. The molecule has 8 rings (SSSR count). The van der Waals surface area contributed by atoms with E-state index in [1.807, 2.05) is 11.8 Å². The second-order valence-electron chi connectivity index (χ2n) is 11.3. The molecule has 0 amide bonds. The lowest BCUT2D eigenvalue weighted by Crippen LogP contribution is -2.41. The van der Waals surface area contributed by atoms with E-state index in [1.54, 1.807) is 0 Å². The van der Waals surface area contributed by atoms with Crippen LogP contribution in [0.3, 0.4) is 0 Å². The Balaban J connectivity index is 1.52. The maximum absolute atomic E-state index is 6.57. The normalized spacial score (nSPS) is 17.5. The third-order valence-electron chi connectivity index (χ3n) is 8.56. The molecule has 2 aromatic heterocycles. The minimum absolute atomic E-state index is 0.417. The Morgan fingerprint density at radius 3 is 2.08 bits per heavy atom. The van der Waals surface area contributed by atoms with E-state index < -0.39 is 18.3 Å². The lowest BCUT2D eigenvalue weighted by Gasteiger charge is -2.32. The maximum atomic E-state index is 6.57. The zero-order valence-electron chi connectivity index (χ0n) is 21.9. The Bertz CT molecular complexity index is 1920. The highest BCUT2D eigenvalue weighted by molar-refractivity contribution is 7.99. The standard InChI is InChI=1S/C32H27BN2O2S/c1-31(2)32(3,4)37-33(36-31)22-14-6-8-16-24(22)34-23-15-7-5-12-20(23)28-21-13-11-19-27-29(21)35(30(28)34)25-17-9-10-18-26(25)38-27/h5-19H,1-4H3. The van der Waals surface area contributed by atoms with Crippen molar-refractivity contribution < 1.29 is 9.31 Å². The van der Waals surface area contributed by atoms with Gasteiger partial charge in [0.25, 0.3) is 0 Å². The molecule has 0 bridgehead atoms. The second-order valence-corrected chi connectivity index (χ2v) is 12.3. The highest BCUT2D eigenvalue weighted by atomic mass is 32.2. The number of hydrogen-bond donors (Lipinski definition) is 0. The van der Waals surface area contributed by atoms with Crippen molar-refractivity contribution in [3.05, 3.63) is 91.0 Å². The Labute approximate surface area is 226 Å². The molecular weight excluding hydrogens is 487 g/mol. The van der Waals surface area contributed by atoms with Crippen molar-refractivity contribution in [3.8, 4) is 11.4 Å². The van der Waals surface area contributed by atoms with Crippen LogP contribution in [0.5, 0.6) is 0 Å². The number of benzene rings is 4. The van der Waals surface area contributed by atoms with Gasteiger partial charge in [-0.1, -0.05) is 72.4 Å². The predicted octanol–water partition coefficient (Wildman–Crippen LogP) is 7.49. The first kappa shape index (κ1) is 22.5. The lowest BCUT2D eigenvalue weighted by atomic mass is 9.77. The molecule has 2 aliphatic rings. The molecule has 0 saturated carbocycles. The monoisotopic (exact) mass is 514 g/mol. The number of rotatable bonds is 2. The largest absolute Gasteiger partial charge is 0.496 e. The smallest absolute Gasteiger partial charge is 0.399 e. The summed E-state index contributed by atoms with van der Waals surface area (Å²) < 4.78 is 18.0. The number of para-hydroxylation sites is 4. The zero-order valence-corrected chi connectivity index (χ0v) is 22.7. The van der Waals surface area contributed by atoms with E-state index >= 15 is 0 Å². The van der Waals surface area contributed by atoms with Crippen LogP contribution in [-0.4, -0.2) is 27.5 Å². The summed E-state index contributed by atoms with van der Waals surface area (Å²) in [6.45, 7) is 8.44. The molecule has 6 heteroatoms. The molecule has 186 valence electrons. The Hall–Kier alpha value is -3.45. The van der Waals surface area contributed by atoms with E-state index in [0.29, 0.717) is 0 Å². The van der Waals surface area contributed by atoms with Gasteiger partial charge >= 0.3 is 7.12 Å². The van der Waals surface area contributed by atoms with Crippen LogP contribution in [0, 0.1) is 0 Å². The molecule has 6 aromatic rings.